The Morgan fingerprint density at radius 2 is 2.00 bits per heavy atom. The van der Waals surface area contributed by atoms with E-state index in [1.807, 2.05) is 0 Å². The molecule has 2 rings (SSSR count). The van der Waals surface area contributed by atoms with E-state index in [0.717, 1.165) is 6.54 Å². The minimum atomic E-state index is 0.207. The Morgan fingerprint density at radius 3 is 2.85 bits per heavy atom. The van der Waals surface area contributed by atoms with E-state index in [9.17, 15) is 0 Å². The van der Waals surface area contributed by atoms with Crippen molar-refractivity contribution in [3.8, 4) is 0 Å². The van der Waals surface area contributed by atoms with Gasteiger partial charge in [0.25, 0.3) is 0 Å². The fraction of sp³-hybridized carbons (Fsp3) is 0.500. The van der Waals surface area contributed by atoms with E-state index in [1.165, 1.54) is 24.1 Å². The van der Waals surface area contributed by atoms with E-state index in [4.69, 9.17) is 0 Å². The third-order valence-electron chi connectivity index (χ3n) is 2.68. The van der Waals surface area contributed by atoms with E-state index >= 15 is 0 Å². The van der Waals surface area contributed by atoms with E-state index in [2.05, 4.69) is 43.5 Å². The second-order valence-electron chi connectivity index (χ2n) is 4.46. The molecule has 0 radical (unpaired) electrons. The van der Waals surface area contributed by atoms with Crippen molar-refractivity contribution in [2.75, 3.05) is 6.54 Å². The van der Waals surface area contributed by atoms with Crippen molar-refractivity contribution in [2.24, 2.45) is 5.41 Å². The van der Waals surface area contributed by atoms with Gasteiger partial charge in [0.1, 0.15) is 0 Å². The maximum atomic E-state index is 3.44. The van der Waals surface area contributed by atoms with Gasteiger partial charge in [0.15, 0.2) is 0 Å². The molecule has 2 aliphatic rings. The number of allylic oxidation sites excluding steroid dienone is 5. The van der Waals surface area contributed by atoms with Crippen LogP contribution in [0.2, 0.25) is 0 Å². The Hall–Kier alpha value is -0.980. The van der Waals surface area contributed by atoms with Gasteiger partial charge in [-0.15, -0.1) is 0 Å². The topological polar surface area (TPSA) is 12.0 Å². The number of hydrogen-bond acceptors (Lipinski definition) is 1. The quantitative estimate of drug-likeness (QED) is 0.597. The Kier molecular flexibility index (Phi) is 2.03. The standard InChI is InChI=1S/C12H17N/c1-12(2)7-5-10-4-3-9-13-11(10)6-8-12/h5-8,13H,3-4,9H2,1-2H3. The van der Waals surface area contributed by atoms with Crippen LogP contribution in [0.4, 0.5) is 0 Å². The zero-order valence-corrected chi connectivity index (χ0v) is 8.43. The normalized spacial score (nSPS) is 25.1. The van der Waals surface area contributed by atoms with Gasteiger partial charge < -0.3 is 5.32 Å². The van der Waals surface area contributed by atoms with Gasteiger partial charge in [-0.2, -0.15) is 0 Å². The molecule has 70 valence electrons. The Balaban J connectivity index is 2.32. The SMILES string of the molecule is CC1(C)C=CC2=C(C=C1)NCCC2. The molecule has 0 amide bonds. The molecule has 13 heavy (non-hydrogen) atoms. The summed E-state index contributed by atoms with van der Waals surface area (Å²) in [4.78, 5) is 0. The van der Waals surface area contributed by atoms with Crippen molar-refractivity contribution in [2.45, 2.75) is 26.7 Å². The largest absolute Gasteiger partial charge is 0.385 e. The minimum absolute atomic E-state index is 0.207. The van der Waals surface area contributed by atoms with Gasteiger partial charge in [-0.05, 0) is 24.5 Å². The summed E-state index contributed by atoms with van der Waals surface area (Å²) >= 11 is 0. The maximum Gasteiger partial charge on any atom is 0.0369 e. The highest BCUT2D eigenvalue weighted by molar-refractivity contribution is 5.38. The molecule has 0 bridgehead atoms. The lowest BCUT2D eigenvalue weighted by atomic mass is 9.93. The molecule has 1 heterocycles. The molecule has 1 aliphatic heterocycles. The molecular formula is C12H17N. The summed E-state index contributed by atoms with van der Waals surface area (Å²) in [5, 5.41) is 3.44. The molecular weight excluding hydrogens is 158 g/mol. The first-order valence-corrected chi connectivity index (χ1v) is 5.03. The number of nitrogens with one attached hydrogen (secondary N) is 1. The lowest BCUT2D eigenvalue weighted by Gasteiger charge is -2.16. The highest BCUT2D eigenvalue weighted by Crippen LogP contribution is 2.27. The average Bonchev–Trinajstić information content (AvgIpc) is 2.27. The van der Waals surface area contributed by atoms with Gasteiger partial charge in [-0.1, -0.05) is 32.1 Å². The zero-order chi connectivity index (χ0) is 9.31. The molecule has 1 heteroatoms. The predicted octanol–water partition coefficient (Wildman–Crippen LogP) is 2.78. The van der Waals surface area contributed by atoms with Crippen molar-refractivity contribution in [1.29, 1.82) is 0 Å². The molecule has 0 aromatic rings. The molecule has 0 saturated heterocycles. The van der Waals surface area contributed by atoms with E-state index < -0.39 is 0 Å². The fourth-order valence-corrected chi connectivity index (χ4v) is 1.76. The lowest BCUT2D eigenvalue weighted by Crippen LogP contribution is -2.19. The lowest BCUT2D eigenvalue weighted by molar-refractivity contribution is 0.626. The predicted molar refractivity (Wildman–Crippen MR) is 56.3 cm³/mol. The van der Waals surface area contributed by atoms with E-state index in [0.29, 0.717) is 0 Å². The van der Waals surface area contributed by atoms with Crippen LogP contribution in [-0.4, -0.2) is 6.54 Å². The molecule has 0 spiro atoms. The third kappa shape index (κ3) is 1.85. The molecule has 0 atom stereocenters. The van der Waals surface area contributed by atoms with E-state index in [-0.39, 0.29) is 5.41 Å². The first-order valence-electron chi connectivity index (χ1n) is 5.03. The van der Waals surface area contributed by atoms with Gasteiger partial charge in [-0.3, -0.25) is 0 Å². The summed E-state index contributed by atoms with van der Waals surface area (Å²) in [6.07, 6.45) is 11.6. The summed E-state index contributed by atoms with van der Waals surface area (Å²) < 4.78 is 0. The Morgan fingerprint density at radius 1 is 1.23 bits per heavy atom. The van der Waals surface area contributed by atoms with Crippen LogP contribution >= 0.6 is 0 Å². The first kappa shape index (κ1) is 8.61. The summed E-state index contributed by atoms with van der Waals surface area (Å²) in [6.45, 7) is 5.59. The fourth-order valence-electron chi connectivity index (χ4n) is 1.76. The molecule has 0 aromatic heterocycles. The molecule has 1 nitrogen and oxygen atoms in total. The molecule has 0 aromatic carbocycles. The van der Waals surface area contributed by atoms with Crippen LogP contribution in [0.25, 0.3) is 0 Å². The maximum absolute atomic E-state index is 3.44. The monoisotopic (exact) mass is 175 g/mol. The van der Waals surface area contributed by atoms with E-state index in [1.54, 1.807) is 0 Å². The summed E-state index contributed by atoms with van der Waals surface area (Å²) in [7, 11) is 0. The second kappa shape index (κ2) is 3.06. The third-order valence-corrected chi connectivity index (χ3v) is 2.68. The van der Waals surface area contributed by atoms with Crippen LogP contribution in [0, 0.1) is 5.41 Å². The Bertz CT molecular complexity index is 264. The van der Waals surface area contributed by atoms with Crippen LogP contribution < -0.4 is 5.32 Å². The molecule has 1 N–H and O–H groups in total. The van der Waals surface area contributed by atoms with Crippen molar-refractivity contribution < 1.29 is 0 Å². The van der Waals surface area contributed by atoms with Crippen LogP contribution in [0.15, 0.2) is 35.6 Å². The molecule has 0 saturated carbocycles. The summed E-state index contributed by atoms with van der Waals surface area (Å²) in [6, 6.07) is 0. The molecule has 0 fully saturated rings. The van der Waals surface area contributed by atoms with Crippen molar-refractivity contribution >= 4 is 0 Å². The van der Waals surface area contributed by atoms with Crippen LogP contribution in [0.5, 0.6) is 0 Å². The second-order valence-corrected chi connectivity index (χ2v) is 4.46. The summed E-state index contributed by atoms with van der Waals surface area (Å²) in [5.41, 5.74) is 3.00. The van der Waals surface area contributed by atoms with Crippen molar-refractivity contribution in [1.82, 2.24) is 5.32 Å². The number of hydrogen-bond donors (Lipinski definition) is 1. The highest BCUT2D eigenvalue weighted by atomic mass is 14.9. The van der Waals surface area contributed by atoms with Gasteiger partial charge in [-0.25, -0.2) is 0 Å². The molecule has 1 aliphatic carbocycles. The molecule has 0 unspecified atom stereocenters. The highest BCUT2D eigenvalue weighted by Gasteiger charge is 2.15. The van der Waals surface area contributed by atoms with Crippen molar-refractivity contribution in [3.63, 3.8) is 0 Å². The zero-order valence-electron chi connectivity index (χ0n) is 8.43. The van der Waals surface area contributed by atoms with Crippen LogP contribution in [0.1, 0.15) is 26.7 Å². The minimum Gasteiger partial charge on any atom is -0.385 e. The number of rotatable bonds is 0. The smallest absolute Gasteiger partial charge is 0.0369 e. The van der Waals surface area contributed by atoms with Gasteiger partial charge in [0, 0.05) is 17.7 Å². The van der Waals surface area contributed by atoms with Crippen LogP contribution in [0.3, 0.4) is 0 Å². The Labute approximate surface area is 80.2 Å². The van der Waals surface area contributed by atoms with Gasteiger partial charge >= 0.3 is 0 Å². The first-order chi connectivity index (χ1) is 6.17. The van der Waals surface area contributed by atoms with Gasteiger partial charge in [0.2, 0.25) is 0 Å². The van der Waals surface area contributed by atoms with Crippen LogP contribution in [-0.2, 0) is 0 Å². The van der Waals surface area contributed by atoms with Crippen molar-refractivity contribution in [3.05, 3.63) is 35.6 Å². The van der Waals surface area contributed by atoms with Gasteiger partial charge in [0.05, 0.1) is 0 Å². The summed E-state index contributed by atoms with van der Waals surface area (Å²) in [5.74, 6) is 0. The average molecular weight is 175 g/mol.